The van der Waals surface area contributed by atoms with Crippen LogP contribution in [0, 0.1) is 23.2 Å². The summed E-state index contributed by atoms with van der Waals surface area (Å²) < 4.78 is 0. The van der Waals surface area contributed by atoms with Crippen molar-refractivity contribution in [1.82, 2.24) is 10.2 Å². The van der Waals surface area contributed by atoms with E-state index in [2.05, 4.69) is 11.4 Å². The smallest absolute Gasteiger partial charge is 0.241 e. The van der Waals surface area contributed by atoms with Gasteiger partial charge in [-0.1, -0.05) is 13.8 Å². The van der Waals surface area contributed by atoms with Crippen LogP contribution in [0.3, 0.4) is 0 Å². The Balaban J connectivity index is 2.11. The number of piperidine rings is 1. The van der Waals surface area contributed by atoms with Crippen molar-refractivity contribution in [1.29, 1.82) is 5.26 Å². The number of amides is 1. The Hall–Kier alpha value is -1.08. The third-order valence-corrected chi connectivity index (χ3v) is 3.75. The SMILES string of the molecule is CN[C@H](C(=O)N1[C@H](C#N)C[C@@H]2C[C@@H]21)C(C)C. The first-order valence-electron chi connectivity index (χ1n) is 5.99. The van der Waals surface area contributed by atoms with E-state index < -0.39 is 0 Å². The topological polar surface area (TPSA) is 56.1 Å². The summed E-state index contributed by atoms with van der Waals surface area (Å²) in [5.41, 5.74) is 0. The molecule has 4 heteroatoms. The van der Waals surface area contributed by atoms with Crippen molar-refractivity contribution >= 4 is 5.91 Å². The molecule has 1 N–H and O–H groups in total. The van der Waals surface area contributed by atoms with Crippen molar-refractivity contribution in [2.24, 2.45) is 11.8 Å². The second kappa shape index (κ2) is 4.06. The van der Waals surface area contributed by atoms with E-state index in [0.717, 1.165) is 12.8 Å². The van der Waals surface area contributed by atoms with Crippen LogP contribution in [-0.2, 0) is 4.79 Å². The van der Waals surface area contributed by atoms with Crippen LogP contribution < -0.4 is 5.32 Å². The standard InChI is InChI=1S/C12H19N3O/c1-7(2)11(14-3)12(16)15-9(6-13)4-8-5-10(8)15/h7-11,14H,4-5H2,1-3H3/t8-,9+,10+,11+/m1/s1. The highest BCUT2D eigenvalue weighted by atomic mass is 16.2. The largest absolute Gasteiger partial charge is 0.322 e. The highest BCUT2D eigenvalue weighted by Gasteiger charge is 2.55. The van der Waals surface area contributed by atoms with Gasteiger partial charge in [0.05, 0.1) is 12.1 Å². The fraction of sp³-hybridized carbons (Fsp3) is 0.833. The summed E-state index contributed by atoms with van der Waals surface area (Å²) in [5, 5.41) is 12.1. The fourth-order valence-corrected chi connectivity index (χ4v) is 2.79. The zero-order valence-electron chi connectivity index (χ0n) is 10.1. The number of nitrogens with one attached hydrogen (secondary N) is 1. The third-order valence-electron chi connectivity index (χ3n) is 3.75. The molecule has 1 aliphatic carbocycles. The first kappa shape index (κ1) is 11.4. The van der Waals surface area contributed by atoms with Gasteiger partial charge in [0.1, 0.15) is 6.04 Å². The number of hydrogen-bond donors (Lipinski definition) is 1. The number of nitriles is 1. The minimum absolute atomic E-state index is 0.106. The van der Waals surface area contributed by atoms with E-state index in [-0.39, 0.29) is 23.9 Å². The lowest BCUT2D eigenvalue weighted by molar-refractivity contribution is -0.135. The highest BCUT2D eigenvalue weighted by Crippen LogP contribution is 2.47. The molecule has 2 fully saturated rings. The second-order valence-corrected chi connectivity index (χ2v) is 5.20. The molecule has 2 rings (SSSR count). The fourth-order valence-electron chi connectivity index (χ4n) is 2.79. The lowest BCUT2D eigenvalue weighted by atomic mass is 10.0. The molecule has 4 atom stereocenters. The molecular formula is C12H19N3O. The molecule has 1 heterocycles. The maximum atomic E-state index is 12.3. The average molecular weight is 221 g/mol. The zero-order chi connectivity index (χ0) is 11.9. The number of nitrogens with zero attached hydrogens (tertiary/aromatic N) is 2. The Kier molecular flexibility index (Phi) is 2.90. The van der Waals surface area contributed by atoms with Gasteiger partial charge in [-0.15, -0.1) is 0 Å². The van der Waals surface area contributed by atoms with Crippen molar-refractivity contribution in [3.63, 3.8) is 0 Å². The molecule has 0 unspecified atom stereocenters. The van der Waals surface area contributed by atoms with E-state index in [9.17, 15) is 4.79 Å². The van der Waals surface area contributed by atoms with Gasteiger partial charge in [0, 0.05) is 6.04 Å². The molecule has 0 aromatic heterocycles. The number of carbonyl (C=O) groups excluding carboxylic acids is 1. The first-order valence-corrected chi connectivity index (χ1v) is 5.99. The van der Waals surface area contributed by atoms with E-state index in [1.807, 2.05) is 25.8 Å². The first-order chi connectivity index (χ1) is 7.60. The molecule has 0 radical (unpaired) electrons. The van der Waals surface area contributed by atoms with Crippen LogP contribution in [0.15, 0.2) is 0 Å². The number of rotatable bonds is 3. The number of likely N-dealkylation sites (N-methyl/N-ethyl adjacent to an activating group) is 1. The summed E-state index contributed by atoms with van der Waals surface area (Å²) in [4.78, 5) is 14.2. The molecule has 1 saturated carbocycles. The molecule has 1 saturated heterocycles. The van der Waals surface area contributed by atoms with Crippen LogP contribution in [0.4, 0.5) is 0 Å². The maximum Gasteiger partial charge on any atom is 0.241 e. The van der Waals surface area contributed by atoms with E-state index in [0.29, 0.717) is 12.0 Å². The highest BCUT2D eigenvalue weighted by molar-refractivity contribution is 5.84. The summed E-state index contributed by atoms with van der Waals surface area (Å²) >= 11 is 0. The molecule has 0 aromatic rings. The van der Waals surface area contributed by atoms with Gasteiger partial charge in [0.2, 0.25) is 5.91 Å². The molecule has 1 amide bonds. The third kappa shape index (κ3) is 1.69. The van der Waals surface area contributed by atoms with Crippen molar-refractivity contribution in [3.05, 3.63) is 0 Å². The molecule has 2 aliphatic rings. The Bertz CT molecular complexity index is 334. The molecule has 88 valence electrons. The van der Waals surface area contributed by atoms with E-state index in [4.69, 9.17) is 5.26 Å². The predicted octanol–water partition coefficient (Wildman–Crippen LogP) is 0.743. The van der Waals surface area contributed by atoms with Crippen molar-refractivity contribution < 1.29 is 4.79 Å². The minimum atomic E-state index is -0.189. The Morgan fingerprint density at radius 1 is 1.50 bits per heavy atom. The Morgan fingerprint density at radius 3 is 2.69 bits per heavy atom. The lowest BCUT2D eigenvalue weighted by Gasteiger charge is -2.29. The van der Waals surface area contributed by atoms with Crippen LogP contribution in [0.2, 0.25) is 0 Å². The van der Waals surface area contributed by atoms with Crippen LogP contribution in [0.25, 0.3) is 0 Å². The summed E-state index contributed by atoms with van der Waals surface area (Å²) in [6.45, 7) is 4.06. The monoisotopic (exact) mass is 221 g/mol. The molecular weight excluding hydrogens is 202 g/mol. The van der Waals surface area contributed by atoms with Gasteiger partial charge < -0.3 is 10.2 Å². The number of carbonyl (C=O) groups is 1. The quantitative estimate of drug-likeness (QED) is 0.765. The van der Waals surface area contributed by atoms with E-state index in [1.165, 1.54) is 0 Å². The molecule has 4 nitrogen and oxygen atoms in total. The van der Waals surface area contributed by atoms with E-state index >= 15 is 0 Å². The van der Waals surface area contributed by atoms with Gasteiger partial charge >= 0.3 is 0 Å². The van der Waals surface area contributed by atoms with Crippen molar-refractivity contribution in [2.75, 3.05) is 7.05 Å². The molecule has 0 aromatic carbocycles. The van der Waals surface area contributed by atoms with Gasteiger partial charge in [0.25, 0.3) is 0 Å². The minimum Gasteiger partial charge on any atom is -0.322 e. The van der Waals surface area contributed by atoms with E-state index in [1.54, 1.807) is 0 Å². The summed E-state index contributed by atoms with van der Waals surface area (Å²) in [7, 11) is 1.81. The Labute approximate surface area is 96.6 Å². The van der Waals surface area contributed by atoms with Crippen LogP contribution in [0.5, 0.6) is 0 Å². The van der Waals surface area contributed by atoms with Gasteiger partial charge in [0.15, 0.2) is 0 Å². The number of fused-ring (bicyclic) bond motifs is 1. The number of likely N-dealkylation sites (tertiary alicyclic amines) is 1. The maximum absolute atomic E-state index is 12.3. The normalized spacial score (nSPS) is 33.4. The number of hydrogen-bond acceptors (Lipinski definition) is 3. The molecule has 0 bridgehead atoms. The van der Waals surface area contributed by atoms with Gasteiger partial charge in [-0.3, -0.25) is 4.79 Å². The second-order valence-electron chi connectivity index (χ2n) is 5.20. The van der Waals surface area contributed by atoms with Crippen molar-refractivity contribution in [3.8, 4) is 6.07 Å². The summed E-state index contributed by atoms with van der Waals surface area (Å²) in [6.07, 6.45) is 1.97. The summed E-state index contributed by atoms with van der Waals surface area (Å²) in [6, 6.07) is 2.26. The van der Waals surface area contributed by atoms with Gasteiger partial charge in [-0.25, -0.2) is 0 Å². The van der Waals surface area contributed by atoms with Crippen LogP contribution in [-0.4, -0.2) is 36.0 Å². The molecule has 0 spiro atoms. The Morgan fingerprint density at radius 2 is 2.19 bits per heavy atom. The zero-order valence-corrected chi connectivity index (χ0v) is 10.1. The van der Waals surface area contributed by atoms with Gasteiger partial charge in [-0.05, 0) is 31.7 Å². The molecule has 1 aliphatic heterocycles. The van der Waals surface area contributed by atoms with Gasteiger partial charge in [-0.2, -0.15) is 5.26 Å². The van der Waals surface area contributed by atoms with Crippen LogP contribution in [0.1, 0.15) is 26.7 Å². The average Bonchev–Trinajstić information content (AvgIpc) is 2.89. The lowest BCUT2D eigenvalue weighted by Crippen LogP contribution is -2.50. The van der Waals surface area contributed by atoms with Crippen LogP contribution >= 0.6 is 0 Å². The molecule has 16 heavy (non-hydrogen) atoms. The summed E-state index contributed by atoms with van der Waals surface area (Å²) in [5.74, 6) is 0.960. The van der Waals surface area contributed by atoms with Crippen molar-refractivity contribution in [2.45, 2.75) is 44.8 Å². The predicted molar refractivity (Wildman–Crippen MR) is 60.4 cm³/mol.